The third-order valence-electron chi connectivity index (χ3n) is 2.59. The molecule has 0 bridgehead atoms. The van der Waals surface area contributed by atoms with Crippen LogP contribution in [0.5, 0.6) is 5.75 Å². The first-order valence-electron chi connectivity index (χ1n) is 7.23. The quantitative estimate of drug-likeness (QED) is 0.449. The lowest BCUT2D eigenvalue weighted by Crippen LogP contribution is -2.33. The number of benzene rings is 1. The maximum Gasteiger partial charge on any atom is 0.573 e. The lowest BCUT2D eigenvalue weighted by atomic mass is 10.2. The van der Waals surface area contributed by atoms with E-state index in [1.54, 1.807) is 13.8 Å². The summed E-state index contributed by atoms with van der Waals surface area (Å²) in [6.45, 7) is 3.97. The Morgan fingerprint density at radius 2 is 1.92 bits per heavy atom. The smallest absolute Gasteiger partial charge is 0.463 e. The van der Waals surface area contributed by atoms with E-state index < -0.39 is 6.36 Å². The number of hydrogen-bond donors (Lipinski definition) is 2. The molecule has 6 nitrogen and oxygen atoms in total. The van der Waals surface area contributed by atoms with Gasteiger partial charge >= 0.3 is 12.3 Å². The lowest BCUT2D eigenvalue weighted by Gasteiger charge is -2.09. The Balaban J connectivity index is 2.38. The van der Waals surface area contributed by atoms with Crippen LogP contribution < -0.4 is 15.8 Å². The number of aliphatic imine (C=N–C) groups is 1. The summed E-state index contributed by atoms with van der Waals surface area (Å²) in [5, 5.41) is 2.75. The van der Waals surface area contributed by atoms with Crippen molar-refractivity contribution in [3.8, 4) is 5.75 Å². The van der Waals surface area contributed by atoms with Crippen LogP contribution in [0.3, 0.4) is 0 Å². The number of esters is 1. The maximum absolute atomic E-state index is 12.0. The van der Waals surface area contributed by atoms with Gasteiger partial charge in [-0.25, -0.2) is 4.99 Å². The first-order valence-corrected chi connectivity index (χ1v) is 7.23. The van der Waals surface area contributed by atoms with Crippen LogP contribution in [-0.2, 0) is 16.1 Å². The molecule has 0 aliphatic heterocycles. The fourth-order valence-corrected chi connectivity index (χ4v) is 1.64. The number of guanidine groups is 1. The first-order chi connectivity index (χ1) is 11.2. The van der Waals surface area contributed by atoms with Crippen LogP contribution in [0, 0.1) is 0 Å². The molecule has 0 saturated carbocycles. The highest BCUT2D eigenvalue weighted by Gasteiger charge is 2.30. The Bertz CT molecular complexity index is 557. The van der Waals surface area contributed by atoms with Crippen molar-refractivity contribution in [1.82, 2.24) is 5.32 Å². The van der Waals surface area contributed by atoms with Crippen molar-refractivity contribution in [3.63, 3.8) is 0 Å². The molecule has 0 unspecified atom stereocenters. The van der Waals surface area contributed by atoms with Crippen LogP contribution >= 0.6 is 0 Å². The summed E-state index contributed by atoms with van der Waals surface area (Å²) < 4.78 is 44.8. The van der Waals surface area contributed by atoms with Gasteiger partial charge in [0.1, 0.15) is 5.75 Å². The zero-order valence-corrected chi connectivity index (χ0v) is 13.4. The SMILES string of the molecule is CC(C)OC(=O)CCNC(N)=NCc1ccc(OC(F)(F)F)cc1. The molecule has 134 valence electrons. The van der Waals surface area contributed by atoms with E-state index in [9.17, 15) is 18.0 Å². The van der Waals surface area contributed by atoms with Gasteiger partial charge in [-0.05, 0) is 31.5 Å². The minimum atomic E-state index is -4.72. The third-order valence-corrected chi connectivity index (χ3v) is 2.59. The lowest BCUT2D eigenvalue weighted by molar-refractivity contribution is -0.274. The van der Waals surface area contributed by atoms with Crippen LogP contribution in [0.15, 0.2) is 29.3 Å². The van der Waals surface area contributed by atoms with Crippen molar-refractivity contribution in [2.24, 2.45) is 10.7 Å². The molecule has 0 fully saturated rings. The molecule has 0 amide bonds. The molecule has 0 atom stereocenters. The summed E-state index contributed by atoms with van der Waals surface area (Å²) >= 11 is 0. The summed E-state index contributed by atoms with van der Waals surface area (Å²) in [7, 11) is 0. The maximum atomic E-state index is 12.0. The number of nitrogens with zero attached hydrogens (tertiary/aromatic N) is 1. The molecule has 0 aliphatic rings. The number of carbonyl (C=O) groups is 1. The van der Waals surface area contributed by atoms with Crippen molar-refractivity contribution >= 4 is 11.9 Å². The van der Waals surface area contributed by atoms with Gasteiger partial charge in [0, 0.05) is 6.54 Å². The van der Waals surface area contributed by atoms with Crippen molar-refractivity contribution in [3.05, 3.63) is 29.8 Å². The predicted octanol–water partition coefficient (Wildman–Crippen LogP) is 2.33. The van der Waals surface area contributed by atoms with Crippen LogP contribution in [0.25, 0.3) is 0 Å². The van der Waals surface area contributed by atoms with Gasteiger partial charge in [0.25, 0.3) is 0 Å². The highest BCUT2D eigenvalue weighted by molar-refractivity contribution is 5.78. The molecule has 0 radical (unpaired) electrons. The van der Waals surface area contributed by atoms with Crippen LogP contribution in [0.2, 0.25) is 0 Å². The van der Waals surface area contributed by atoms with E-state index in [4.69, 9.17) is 10.5 Å². The average molecular weight is 347 g/mol. The predicted molar refractivity (Wildman–Crippen MR) is 82.3 cm³/mol. The van der Waals surface area contributed by atoms with E-state index in [1.807, 2.05) is 0 Å². The molecule has 0 aromatic heterocycles. The normalized spacial score (nSPS) is 12.2. The van der Waals surface area contributed by atoms with E-state index in [0.29, 0.717) is 5.56 Å². The van der Waals surface area contributed by atoms with Crippen molar-refractivity contribution in [2.45, 2.75) is 39.3 Å². The van der Waals surface area contributed by atoms with E-state index in [0.717, 1.165) is 0 Å². The molecule has 0 saturated heterocycles. The second-order valence-electron chi connectivity index (χ2n) is 5.11. The minimum Gasteiger partial charge on any atom is -0.463 e. The summed E-state index contributed by atoms with van der Waals surface area (Å²) in [5.41, 5.74) is 6.30. The zero-order valence-electron chi connectivity index (χ0n) is 13.4. The number of carbonyl (C=O) groups excluding carboxylic acids is 1. The van der Waals surface area contributed by atoms with Gasteiger partial charge in [-0.1, -0.05) is 12.1 Å². The van der Waals surface area contributed by atoms with E-state index >= 15 is 0 Å². The fraction of sp³-hybridized carbons (Fsp3) is 0.467. The van der Waals surface area contributed by atoms with E-state index in [-0.39, 0.29) is 43.3 Å². The number of nitrogens with two attached hydrogens (primary N) is 1. The Kier molecular flexibility index (Phi) is 7.34. The number of nitrogens with one attached hydrogen (secondary N) is 1. The van der Waals surface area contributed by atoms with Gasteiger partial charge in [0.2, 0.25) is 0 Å². The van der Waals surface area contributed by atoms with Crippen LogP contribution in [-0.4, -0.2) is 30.9 Å². The van der Waals surface area contributed by atoms with Gasteiger partial charge in [0.05, 0.1) is 19.1 Å². The second kappa shape index (κ2) is 8.99. The molecule has 0 heterocycles. The second-order valence-corrected chi connectivity index (χ2v) is 5.11. The summed E-state index contributed by atoms with van der Waals surface area (Å²) in [4.78, 5) is 15.3. The van der Waals surface area contributed by atoms with Crippen molar-refractivity contribution in [2.75, 3.05) is 6.54 Å². The molecule has 9 heteroatoms. The monoisotopic (exact) mass is 347 g/mol. The van der Waals surface area contributed by atoms with Crippen molar-refractivity contribution in [1.29, 1.82) is 0 Å². The molecule has 0 spiro atoms. The molecule has 1 aromatic rings. The molecular formula is C15H20F3N3O3. The fourth-order valence-electron chi connectivity index (χ4n) is 1.64. The van der Waals surface area contributed by atoms with Crippen molar-refractivity contribution < 1.29 is 27.4 Å². The highest BCUT2D eigenvalue weighted by atomic mass is 19.4. The van der Waals surface area contributed by atoms with E-state index in [1.165, 1.54) is 24.3 Å². The molecular weight excluding hydrogens is 327 g/mol. The summed E-state index contributed by atoms with van der Waals surface area (Å²) in [6.07, 6.45) is -4.74. The average Bonchev–Trinajstić information content (AvgIpc) is 2.44. The van der Waals surface area contributed by atoms with Gasteiger partial charge < -0.3 is 20.5 Å². The largest absolute Gasteiger partial charge is 0.573 e. The molecule has 24 heavy (non-hydrogen) atoms. The Labute approximate surface area is 137 Å². The number of alkyl halides is 3. The Morgan fingerprint density at radius 3 is 2.46 bits per heavy atom. The van der Waals surface area contributed by atoms with Gasteiger partial charge in [-0.3, -0.25) is 4.79 Å². The standard InChI is InChI=1S/C15H20F3N3O3/c1-10(2)23-13(22)7-8-20-14(19)21-9-11-3-5-12(6-4-11)24-15(16,17)18/h3-6,10H,7-9H2,1-2H3,(H3,19,20,21). The minimum absolute atomic E-state index is 0.128. The zero-order chi connectivity index (χ0) is 18.2. The highest BCUT2D eigenvalue weighted by Crippen LogP contribution is 2.22. The third kappa shape index (κ3) is 8.86. The molecule has 1 aromatic carbocycles. The van der Waals surface area contributed by atoms with Gasteiger partial charge in [0.15, 0.2) is 5.96 Å². The topological polar surface area (TPSA) is 85.9 Å². The summed E-state index contributed by atoms with van der Waals surface area (Å²) in [5.74, 6) is -0.515. The number of hydrogen-bond acceptors (Lipinski definition) is 4. The Morgan fingerprint density at radius 1 is 1.29 bits per heavy atom. The number of halogens is 3. The first kappa shape index (κ1) is 19.6. The molecule has 0 aliphatic carbocycles. The van der Waals surface area contributed by atoms with Crippen LogP contribution in [0.4, 0.5) is 13.2 Å². The number of rotatable bonds is 7. The molecule has 3 N–H and O–H groups in total. The van der Waals surface area contributed by atoms with Gasteiger partial charge in [-0.2, -0.15) is 0 Å². The van der Waals surface area contributed by atoms with E-state index in [2.05, 4.69) is 15.0 Å². The Hall–Kier alpha value is -2.45. The molecule has 1 rings (SSSR count). The summed E-state index contributed by atoms with van der Waals surface area (Å²) in [6, 6.07) is 5.31. The van der Waals surface area contributed by atoms with Gasteiger partial charge in [-0.15, -0.1) is 13.2 Å². The number of ether oxygens (including phenoxy) is 2. The van der Waals surface area contributed by atoms with Crippen LogP contribution in [0.1, 0.15) is 25.8 Å².